The van der Waals surface area contributed by atoms with Crippen LogP contribution in [0.15, 0.2) is 56.7 Å². The van der Waals surface area contributed by atoms with Gasteiger partial charge in [0.2, 0.25) is 0 Å². The molecule has 0 heterocycles. The van der Waals surface area contributed by atoms with E-state index in [1.807, 2.05) is 0 Å². The first-order chi connectivity index (χ1) is 9.10. The summed E-state index contributed by atoms with van der Waals surface area (Å²) in [7, 11) is 0. The summed E-state index contributed by atoms with van der Waals surface area (Å²) in [5, 5.41) is 0. The van der Waals surface area contributed by atoms with Crippen LogP contribution in [0.5, 0.6) is 0 Å². The molecule has 0 aliphatic rings. The van der Waals surface area contributed by atoms with E-state index in [-0.39, 0.29) is 0 Å². The van der Waals surface area contributed by atoms with E-state index in [0.717, 1.165) is 4.47 Å². The highest BCUT2D eigenvalue weighted by atomic mass is 79.9. The van der Waals surface area contributed by atoms with Crippen molar-refractivity contribution in [3.63, 3.8) is 0 Å². The van der Waals surface area contributed by atoms with Gasteiger partial charge in [0.1, 0.15) is 0 Å². The fourth-order valence-corrected chi connectivity index (χ4v) is 3.20. The van der Waals surface area contributed by atoms with Crippen molar-refractivity contribution in [3.05, 3.63) is 58.1 Å². The second-order valence-electron chi connectivity index (χ2n) is 4.78. The number of hydrogen-bond donors (Lipinski definition) is 1. The molecule has 0 radical (unpaired) electrons. The highest BCUT2D eigenvalue weighted by Crippen LogP contribution is 2.32. The second-order valence-corrected chi connectivity index (χ2v) is 6.81. The quantitative estimate of drug-likeness (QED) is 0.832. The van der Waals surface area contributed by atoms with Crippen molar-refractivity contribution in [2.75, 3.05) is 0 Å². The lowest BCUT2D eigenvalue weighted by molar-refractivity contribution is 0.865. The van der Waals surface area contributed by atoms with E-state index in [1.54, 1.807) is 11.8 Å². The molecule has 0 saturated heterocycles. The molecule has 0 spiro atoms. The van der Waals surface area contributed by atoms with E-state index in [2.05, 4.69) is 72.2 Å². The summed E-state index contributed by atoms with van der Waals surface area (Å²) < 4.78 is 1.08. The van der Waals surface area contributed by atoms with Crippen molar-refractivity contribution < 1.29 is 0 Å². The van der Waals surface area contributed by atoms with Gasteiger partial charge in [0.25, 0.3) is 0 Å². The molecule has 0 unspecified atom stereocenters. The Bertz CT molecular complexity index is 549. The topological polar surface area (TPSA) is 26.0 Å². The summed E-state index contributed by atoms with van der Waals surface area (Å²) in [6.07, 6.45) is 0. The maximum Gasteiger partial charge on any atom is 0.0189 e. The molecule has 0 saturated carbocycles. The first-order valence-electron chi connectivity index (χ1n) is 6.36. The van der Waals surface area contributed by atoms with Gasteiger partial charge in [-0.05, 0) is 47.4 Å². The van der Waals surface area contributed by atoms with E-state index < -0.39 is 0 Å². The smallest absolute Gasteiger partial charge is 0.0189 e. The van der Waals surface area contributed by atoms with Gasteiger partial charge in [-0.1, -0.05) is 53.7 Å². The van der Waals surface area contributed by atoms with Crippen LogP contribution in [-0.4, -0.2) is 0 Å². The zero-order valence-electron chi connectivity index (χ0n) is 11.2. The molecular weight excluding hydrogens is 318 g/mol. The third-order valence-electron chi connectivity index (χ3n) is 3.02. The average molecular weight is 336 g/mol. The van der Waals surface area contributed by atoms with E-state index in [9.17, 15) is 0 Å². The molecule has 100 valence electrons. The predicted molar refractivity (Wildman–Crippen MR) is 86.7 cm³/mol. The monoisotopic (exact) mass is 335 g/mol. The van der Waals surface area contributed by atoms with Crippen LogP contribution < -0.4 is 5.73 Å². The number of hydrogen-bond acceptors (Lipinski definition) is 2. The Labute approximate surface area is 127 Å². The predicted octanol–water partition coefficient (Wildman–Crippen LogP) is 5.18. The van der Waals surface area contributed by atoms with Crippen LogP contribution in [0.3, 0.4) is 0 Å². The molecule has 0 bridgehead atoms. The highest BCUT2D eigenvalue weighted by Gasteiger charge is 2.05. The molecule has 0 aliphatic carbocycles. The van der Waals surface area contributed by atoms with Gasteiger partial charge in [-0.3, -0.25) is 0 Å². The Morgan fingerprint density at radius 3 is 2.37 bits per heavy atom. The Kier molecular flexibility index (Phi) is 5.08. The molecule has 0 aliphatic heterocycles. The van der Waals surface area contributed by atoms with Crippen LogP contribution >= 0.6 is 27.7 Å². The van der Waals surface area contributed by atoms with Gasteiger partial charge in [-0.2, -0.15) is 0 Å². The minimum Gasteiger partial charge on any atom is -0.326 e. The van der Waals surface area contributed by atoms with Crippen LogP contribution in [-0.2, 0) is 6.54 Å². The largest absolute Gasteiger partial charge is 0.326 e. The van der Waals surface area contributed by atoms with Gasteiger partial charge >= 0.3 is 0 Å². The molecule has 2 rings (SSSR count). The molecule has 2 aromatic rings. The van der Waals surface area contributed by atoms with Crippen molar-refractivity contribution >= 4 is 27.7 Å². The molecule has 2 aromatic carbocycles. The fourth-order valence-electron chi connectivity index (χ4n) is 1.85. The number of halogens is 1. The van der Waals surface area contributed by atoms with Gasteiger partial charge in [0.05, 0.1) is 0 Å². The molecule has 0 amide bonds. The maximum atomic E-state index is 5.80. The van der Waals surface area contributed by atoms with Crippen LogP contribution in [0.25, 0.3) is 0 Å². The summed E-state index contributed by atoms with van der Waals surface area (Å²) in [6.45, 7) is 4.98. The number of benzene rings is 2. The summed E-state index contributed by atoms with van der Waals surface area (Å²) >= 11 is 5.25. The molecule has 2 N–H and O–H groups in total. The highest BCUT2D eigenvalue weighted by molar-refractivity contribution is 9.10. The molecule has 1 nitrogen and oxygen atoms in total. The van der Waals surface area contributed by atoms with Crippen LogP contribution in [0.2, 0.25) is 0 Å². The van der Waals surface area contributed by atoms with E-state index in [0.29, 0.717) is 12.5 Å². The first-order valence-corrected chi connectivity index (χ1v) is 7.97. The molecular formula is C16H18BrNS. The van der Waals surface area contributed by atoms with Crippen molar-refractivity contribution in [1.29, 1.82) is 0 Å². The van der Waals surface area contributed by atoms with E-state index >= 15 is 0 Å². The Balaban J connectivity index is 2.21. The Morgan fingerprint density at radius 2 is 1.79 bits per heavy atom. The van der Waals surface area contributed by atoms with Crippen molar-refractivity contribution in [3.8, 4) is 0 Å². The maximum absolute atomic E-state index is 5.80. The minimum absolute atomic E-state index is 0.561. The zero-order chi connectivity index (χ0) is 13.8. The van der Waals surface area contributed by atoms with E-state index in [4.69, 9.17) is 5.73 Å². The summed E-state index contributed by atoms with van der Waals surface area (Å²) in [5.74, 6) is 0.575. The summed E-state index contributed by atoms with van der Waals surface area (Å²) in [6, 6.07) is 15.0. The lowest BCUT2D eigenvalue weighted by Crippen LogP contribution is -1.98. The fraction of sp³-hybridized carbons (Fsp3) is 0.250. The van der Waals surface area contributed by atoms with Crippen LogP contribution in [0.1, 0.15) is 30.9 Å². The van der Waals surface area contributed by atoms with Gasteiger partial charge < -0.3 is 5.73 Å². The molecule has 19 heavy (non-hydrogen) atoms. The Morgan fingerprint density at radius 1 is 1.11 bits per heavy atom. The van der Waals surface area contributed by atoms with Gasteiger partial charge in [-0.25, -0.2) is 0 Å². The first kappa shape index (κ1) is 14.6. The zero-order valence-corrected chi connectivity index (χ0v) is 13.6. The Hall–Kier alpha value is -0.770. The molecule has 0 aromatic heterocycles. The van der Waals surface area contributed by atoms with Crippen LogP contribution in [0, 0.1) is 0 Å². The van der Waals surface area contributed by atoms with Gasteiger partial charge in [0.15, 0.2) is 0 Å². The average Bonchev–Trinajstić information content (AvgIpc) is 2.41. The molecule has 0 atom stereocenters. The number of nitrogens with two attached hydrogens (primary N) is 1. The van der Waals surface area contributed by atoms with Crippen molar-refractivity contribution in [1.82, 2.24) is 0 Å². The summed E-state index contributed by atoms with van der Waals surface area (Å²) in [4.78, 5) is 2.48. The molecule has 0 fully saturated rings. The normalized spacial score (nSPS) is 11.0. The number of rotatable bonds is 4. The van der Waals surface area contributed by atoms with Crippen molar-refractivity contribution in [2.45, 2.75) is 36.1 Å². The third-order valence-corrected chi connectivity index (χ3v) is 4.64. The van der Waals surface area contributed by atoms with Crippen molar-refractivity contribution in [2.24, 2.45) is 5.73 Å². The standard InChI is InChI=1S/C16H18BrNS/c1-11(2)12-3-6-15(7-4-12)19-16-8-5-14(17)9-13(16)10-18/h3-9,11H,10,18H2,1-2H3. The third kappa shape index (κ3) is 3.85. The van der Waals surface area contributed by atoms with Gasteiger partial charge in [-0.15, -0.1) is 0 Å². The lowest BCUT2D eigenvalue weighted by Gasteiger charge is -2.10. The van der Waals surface area contributed by atoms with Gasteiger partial charge in [0, 0.05) is 20.8 Å². The minimum atomic E-state index is 0.561. The lowest BCUT2D eigenvalue weighted by atomic mass is 10.0. The molecule has 3 heteroatoms. The van der Waals surface area contributed by atoms with Crippen LogP contribution in [0.4, 0.5) is 0 Å². The SMILES string of the molecule is CC(C)c1ccc(Sc2ccc(Br)cc2CN)cc1. The van der Waals surface area contributed by atoms with E-state index in [1.165, 1.54) is 20.9 Å². The second kappa shape index (κ2) is 6.60. The summed E-state index contributed by atoms with van der Waals surface area (Å²) in [5.41, 5.74) is 8.35.